The van der Waals surface area contributed by atoms with Crippen LogP contribution in [-0.4, -0.2) is 86.1 Å². The fourth-order valence-corrected chi connectivity index (χ4v) is 8.74. The van der Waals surface area contributed by atoms with Crippen molar-refractivity contribution in [3.63, 3.8) is 0 Å². The first-order valence-corrected chi connectivity index (χ1v) is 22.1. The number of H-pyrrole nitrogens is 1. The number of hydrogen-bond donors (Lipinski definition) is 2. The molecule has 0 saturated carbocycles. The zero-order chi connectivity index (χ0) is 46.8. The first kappa shape index (κ1) is 47.9. The fourth-order valence-electron chi connectivity index (χ4n) is 6.98. The standard InChI is InChI=1S/C46H51N8O10P/c1-28(2)54(29(3)4)65(61-22-12-21-47)64-36-23-39(62-37(36)25-60-43(57)33-14-9-10-15-34(33)44(58)63-35-16-11-8-13-30(35)24-48)53-27-49-40-41(53)51-45(52-42(40)56)50-38(55)26-59-32-19-17-31(18-20-32)46(5,6)7/h8-11,13-20,27-29,36-37,39H,12,22-23,25-26H2,1-7H3,(H2,50,51,52,55,56)/t36-,37+,39+,65?/m0/s1. The Hall–Kier alpha value is -6.53. The number of nitriles is 2. The molecule has 6 rings (SSSR count). The number of amides is 1. The summed E-state index contributed by atoms with van der Waals surface area (Å²) in [5, 5.41) is 21.4. The predicted octanol–water partition coefficient (Wildman–Crippen LogP) is 7.33. The second-order valence-corrected chi connectivity index (χ2v) is 18.0. The zero-order valence-corrected chi connectivity index (χ0v) is 38.0. The van der Waals surface area contributed by atoms with Crippen molar-refractivity contribution in [2.75, 3.05) is 25.1 Å². The number of imidazole rings is 1. The molecule has 0 spiro atoms. The smallest absolute Gasteiger partial charge is 0.344 e. The van der Waals surface area contributed by atoms with Crippen LogP contribution in [0.25, 0.3) is 11.2 Å². The van der Waals surface area contributed by atoms with Gasteiger partial charge in [-0.1, -0.05) is 57.2 Å². The maximum atomic E-state index is 13.8. The summed E-state index contributed by atoms with van der Waals surface area (Å²) in [6, 6.07) is 23.6. The summed E-state index contributed by atoms with van der Waals surface area (Å²) in [4.78, 5) is 64.7. The Kier molecular flexibility index (Phi) is 15.8. The van der Waals surface area contributed by atoms with Gasteiger partial charge in [0.15, 0.2) is 17.8 Å². The minimum atomic E-state index is -1.80. The highest BCUT2D eigenvalue weighted by atomic mass is 31.2. The van der Waals surface area contributed by atoms with Gasteiger partial charge in [0.05, 0.1) is 48.2 Å². The molecule has 0 bridgehead atoms. The van der Waals surface area contributed by atoms with Crippen molar-refractivity contribution in [1.29, 1.82) is 10.5 Å². The van der Waals surface area contributed by atoms with E-state index in [1.807, 2.05) is 50.6 Å². The summed E-state index contributed by atoms with van der Waals surface area (Å²) in [6.45, 7) is 13.7. The van der Waals surface area contributed by atoms with Crippen molar-refractivity contribution >= 4 is 43.5 Å². The second kappa shape index (κ2) is 21.4. The van der Waals surface area contributed by atoms with Crippen LogP contribution in [0.1, 0.15) is 99.4 Å². The van der Waals surface area contributed by atoms with Crippen LogP contribution in [0.15, 0.2) is 83.9 Å². The Morgan fingerprint density at radius 1 is 0.985 bits per heavy atom. The minimum absolute atomic E-state index is 0.0251. The highest BCUT2D eigenvalue weighted by Gasteiger charge is 2.43. The molecular weight excluding hydrogens is 856 g/mol. The van der Waals surface area contributed by atoms with E-state index in [-0.39, 0.29) is 89.7 Å². The Morgan fingerprint density at radius 2 is 1.66 bits per heavy atom. The Bertz CT molecular complexity index is 2620. The molecule has 1 unspecified atom stereocenters. The van der Waals surface area contributed by atoms with Gasteiger partial charge in [-0.15, -0.1) is 0 Å². The van der Waals surface area contributed by atoms with Gasteiger partial charge in [-0.25, -0.2) is 19.2 Å². The van der Waals surface area contributed by atoms with Gasteiger partial charge in [0.25, 0.3) is 20.0 Å². The van der Waals surface area contributed by atoms with Crippen molar-refractivity contribution in [3.05, 3.63) is 112 Å². The van der Waals surface area contributed by atoms with E-state index in [1.165, 1.54) is 35.2 Å². The van der Waals surface area contributed by atoms with E-state index in [4.69, 9.17) is 28.0 Å². The second-order valence-electron chi connectivity index (χ2n) is 16.5. The lowest BCUT2D eigenvalue weighted by atomic mass is 9.87. The first-order valence-electron chi connectivity index (χ1n) is 21.0. The average Bonchev–Trinajstić information content (AvgIpc) is 3.88. The third kappa shape index (κ3) is 12.0. The van der Waals surface area contributed by atoms with Crippen LogP contribution >= 0.6 is 8.53 Å². The number of rotatable bonds is 18. The molecule has 65 heavy (non-hydrogen) atoms. The van der Waals surface area contributed by atoms with Crippen LogP contribution in [0, 0.1) is 22.7 Å². The molecule has 1 aliphatic heterocycles. The maximum absolute atomic E-state index is 13.8. The third-order valence-corrected chi connectivity index (χ3v) is 12.3. The number of hydrogen-bond acceptors (Lipinski definition) is 15. The molecule has 0 radical (unpaired) electrons. The number of ether oxygens (including phenoxy) is 4. The molecule has 2 N–H and O–H groups in total. The molecule has 1 aliphatic rings. The van der Waals surface area contributed by atoms with Crippen molar-refractivity contribution in [2.45, 2.75) is 97.2 Å². The maximum Gasteiger partial charge on any atom is 0.344 e. The van der Waals surface area contributed by atoms with Crippen molar-refractivity contribution in [2.24, 2.45) is 0 Å². The molecule has 5 aromatic rings. The van der Waals surface area contributed by atoms with Crippen LogP contribution in [0.2, 0.25) is 0 Å². The monoisotopic (exact) mass is 906 g/mol. The fraction of sp³-hybridized carbons (Fsp3) is 0.391. The molecule has 2 aromatic heterocycles. The summed E-state index contributed by atoms with van der Waals surface area (Å²) in [6.07, 6.45) is -0.973. The summed E-state index contributed by atoms with van der Waals surface area (Å²) in [5.41, 5.74) is 0.462. The van der Waals surface area contributed by atoms with Gasteiger partial charge in [0.2, 0.25) is 5.95 Å². The van der Waals surface area contributed by atoms with Gasteiger partial charge in [0.1, 0.15) is 36.5 Å². The summed E-state index contributed by atoms with van der Waals surface area (Å²) in [5.74, 6) is -1.93. The number of para-hydroxylation sites is 1. The van der Waals surface area contributed by atoms with E-state index < -0.39 is 50.4 Å². The van der Waals surface area contributed by atoms with Crippen LogP contribution in [0.5, 0.6) is 11.5 Å². The van der Waals surface area contributed by atoms with Gasteiger partial charge in [-0.05, 0) is 75.1 Å². The van der Waals surface area contributed by atoms with Gasteiger partial charge < -0.3 is 28.0 Å². The number of nitrogens with one attached hydrogen (secondary N) is 2. The summed E-state index contributed by atoms with van der Waals surface area (Å²) < 4.78 is 40.0. The lowest BCUT2D eigenvalue weighted by Crippen LogP contribution is -2.37. The molecule has 1 fully saturated rings. The van der Waals surface area contributed by atoms with Crippen molar-refractivity contribution in [1.82, 2.24) is 24.2 Å². The summed E-state index contributed by atoms with van der Waals surface area (Å²) >= 11 is 0. The predicted molar refractivity (Wildman–Crippen MR) is 239 cm³/mol. The molecule has 18 nitrogen and oxygen atoms in total. The number of aromatic nitrogens is 4. The normalized spacial score (nSPS) is 16.6. The van der Waals surface area contributed by atoms with Gasteiger partial charge in [-0.2, -0.15) is 15.5 Å². The van der Waals surface area contributed by atoms with Gasteiger partial charge in [-0.3, -0.25) is 24.5 Å². The topological polar surface area (TPSA) is 233 Å². The van der Waals surface area contributed by atoms with E-state index in [0.717, 1.165) is 5.56 Å². The van der Waals surface area contributed by atoms with Crippen LogP contribution in [0.4, 0.5) is 5.95 Å². The molecule has 1 saturated heterocycles. The van der Waals surface area contributed by atoms with E-state index >= 15 is 0 Å². The number of carbonyl (C=O) groups excluding carboxylic acids is 3. The number of nitrogens with zero attached hydrogens (tertiary/aromatic N) is 6. The molecule has 340 valence electrons. The number of fused-ring (bicyclic) bond motifs is 1. The Balaban J connectivity index is 1.24. The number of benzene rings is 3. The van der Waals surface area contributed by atoms with E-state index in [2.05, 4.69) is 47.1 Å². The van der Waals surface area contributed by atoms with Crippen molar-refractivity contribution < 1.29 is 42.4 Å². The van der Waals surface area contributed by atoms with E-state index in [1.54, 1.807) is 36.4 Å². The molecule has 0 aliphatic carbocycles. The molecular formula is C46H51N8O10P. The van der Waals surface area contributed by atoms with Gasteiger partial charge >= 0.3 is 11.9 Å². The number of aromatic amines is 1. The highest BCUT2D eigenvalue weighted by molar-refractivity contribution is 7.44. The van der Waals surface area contributed by atoms with Gasteiger partial charge in [0, 0.05) is 18.5 Å². The molecule has 3 heterocycles. The summed E-state index contributed by atoms with van der Waals surface area (Å²) in [7, 11) is -1.80. The van der Waals surface area contributed by atoms with Crippen LogP contribution in [0.3, 0.4) is 0 Å². The lowest BCUT2D eigenvalue weighted by molar-refractivity contribution is -0.118. The SMILES string of the molecule is CC(C)N(C(C)C)P(OCCC#N)O[C@H]1C[C@H](n2cnc3c(=O)[nH]c(NC(=O)COc4ccc(C(C)(C)C)cc4)nc32)O[C@@H]1COC(=O)c1ccccc1C(=O)Oc1ccccc1C#N. The Morgan fingerprint density at radius 3 is 2.32 bits per heavy atom. The molecule has 4 atom stereocenters. The highest BCUT2D eigenvalue weighted by Crippen LogP contribution is 2.50. The lowest BCUT2D eigenvalue weighted by Gasteiger charge is -2.37. The zero-order valence-electron chi connectivity index (χ0n) is 37.1. The quantitative estimate of drug-likeness (QED) is 0.0379. The molecule has 1 amide bonds. The van der Waals surface area contributed by atoms with E-state index in [9.17, 15) is 29.7 Å². The Labute approximate surface area is 377 Å². The van der Waals surface area contributed by atoms with E-state index in [0.29, 0.717) is 5.75 Å². The third-order valence-electron chi connectivity index (χ3n) is 10.1. The number of anilines is 1. The number of esters is 2. The van der Waals surface area contributed by atoms with Crippen molar-refractivity contribution in [3.8, 4) is 23.6 Å². The average molecular weight is 907 g/mol. The number of carbonyl (C=O) groups is 3. The van der Waals surface area contributed by atoms with Crippen LogP contribution in [-0.2, 0) is 28.7 Å². The largest absolute Gasteiger partial charge is 0.484 e. The molecule has 19 heteroatoms. The van der Waals surface area contributed by atoms with Crippen LogP contribution < -0.4 is 20.3 Å². The minimum Gasteiger partial charge on any atom is -0.484 e. The molecule has 3 aromatic carbocycles. The first-order chi connectivity index (χ1) is 31.1.